The van der Waals surface area contributed by atoms with Crippen LogP contribution in [-0.2, 0) is 0 Å². The molecule has 0 saturated heterocycles. The molecular weight excluding hydrogens is 312 g/mol. The van der Waals surface area contributed by atoms with Crippen molar-refractivity contribution >= 4 is 16.3 Å². The van der Waals surface area contributed by atoms with Crippen LogP contribution in [0.1, 0.15) is 22.4 Å². The Morgan fingerprint density at radius 3 is 2.21 bits per heavy atom. The predicted molar refractivity (Wildman–Crippen MR) is 103 cm³/mol. The first-order valence-corrected chi connectivity index (χ1v) is 8.98. The standard InChI is InChI=1S/C21H20N2S/c1-13-10-14(2)19(15(3)11-13)20-16(4)23-12-18(22-21(23)24-20)17-8-6-5-7-9-17/h5-12H,1-4H3. The fraction of sp³-hybridized carbons (Fsp3) is 0.190. The largest absolute Gasteiger partial charge is 0.294 e. The minimum atomic E-state index is 1.04. The molecule has 2 nitrogen and oxygen atoms in total. The van der Waals surface area contributed by atoms with E-state index in [0.717, 1.165) is 16.2 Å². The molecule has 0 amide bonds. The number of thiazole rings is 1. The molecular formula is C21H20N2S. The molecule has 0 bridgehead atoms. The number of nitrogens with zero attached hydrogens (tertiary/aromatic N) is 2. The molecule has 0 aliphatic carbocycles. The Kier molecular flexibility index (Phi) is 3.54. The number of imidazole rings is 1. The van der Waals surface area contributed by atoms with Crippen LogP contribution < -0.4 is 0 Å². The van der Waals surface area contributed by atoms with Gasteiger partial charge in [-0.1, -0.05) is 59.4 Å². The van der Waals surface area contributed by atoms with Crippen LogP contribution in [0.2, 0.25) is 0 Å². The van der Waals surface area contributed by atoms with E-state index in [4.69, 9.17) is 4.98 Å². The third-order valence-electron chi connectivity index (χ3n) is 4.53. The Morgan fingerprint density at radius 1 is 0.917 bits per heavy atom. The fourth-order valence-corrected chi connectivity index (χ4v) is 4.75. The SMILES string of the molecule is Cc1cc(C)c(-c2sc3nc(-c4ccccc4)cn3c2C)c(C)c1. The number of aryl methyl sites for hydroxylation is 4. The highest BCUT2D eigenvalue weighted by Crippen LogP contribution is 2.38. The first kappa shape index (κ1) is 15.2. The number of fused-ring (bicyclic) bond motifs is 1. The van der Waals surface area contributed by atoms with Crippen LogP contribution in [0.15, 0.2) is 48.7 Å². The minimum Gasteiger partial charge on any atom is -0.294 e. The van der Waals surface area contributed by atoms with Crippen LogP contribution >= 0.6 is 11.3 Å². The predicted octanol–water partition coefficient (Wildman–Crippen LogP) is 5.96. The van der Waals surface area contributed by atoms with Crippen LogP contribution in [0.5, 0.6) is 0 Å². The van der Waals surface area contributed by atoms with Crippen LogP contribution in [0.4, 0.5) is 0 Å². The molecule has 2 heterocycles. The molecule has 2 aromatic carbocycles. The van der Waals surface area contributed by atoms with E-state index in [9.17, 15) is 0 Å². The summed E-state index contributed by atoms with van der Waals surface area (Å²) in [6.45, 7) is 8.75. The summed E-state index contributed by atoms with van der Waals surface area (Å²) >= 11 is 1.78. The molecule has 3 heteroatoms. The van der Waals surface area contributed by atoms with Crippen LogP contribution in [0.25, 0.3) is 26.7 Å². The van der Waals surface area contributed by atoms with Gasteiger partial charge < -0.3 is 0 Å². The first-order chi connectivity index (χ1) is 11.5. The van der Waals surface area contributed by atoms with Gasteiger partial charge in [-0.3, -0.25) is 4.40 Å². The number of benzene rings is 2. The van der Waals surface area contributed by atoms with Gasteiger partial charge in [-0.15, -0.1) is 0 Å². The highest BCUT2D eigenvalue weighted by atomic mass is 32.1. The second-order valence-electron chi connectivity index (χ2n) is 6.44. The van der Waals surface area contributed by atoms with Crippen molar-refractivity contribution in [3.8, 4) is 21.7 Å². The Hall–Kier alpha value is -2.39. The molecule has 0 fully saturated rings. The zero-order valence-corrected chi connectivity index (χ0v) is 15.2. The molecule has 0 aliphatic rings. The normalized spacial score (nSPS) is 11.3. The Balaban J connectivity index is 1.88. The van der Waals surface area contributed by atoms with Gasteiger partial charge in [-0.2, -0.15) is 0 Å². The summed E-state index contributed by atoms with van der Waals surface area (Å²) in [5, 5.41) is 0. The second-order valence-corrected chi connectivity index (χ2v) is 7.41. The van der Waals surface area contributed by atoms with Gasteiger partial charge in [-0.25, -0.2) is 4.98 Å². The Morgan fingerprint density at radius 2 is 1.58 bits per heavy atom. The van der Waals surface area contributed by atoms with Crippen molar-refractivity contribution in [2.75, 3.05) is 0 Å². The molecule has 4 aromatic rings. The average molecular weight is 332 g/mol. The fourth-order valence-electron chi connectivity index (χ4n) is 3.47. The molecule has 0 unspecified atom stereocenters. The van der Waals surface area contributed by atoms with Crippen molar-refractivity contribution in [1.29, 1.82) is 0 Å². The summed E-state index contributed by atoms with van der Waals surface area (Å²) in [4.78, 5) is 7.23. The maximum absolute atomic E-state index is 4.85. The molecule has 4 rings (SSSR count). The van der Waals surface area contributed by atoms with Crippen LogP contribution in [-0.4, -0.2) is 9.38 Å². The van der Waals surface area contributed by atoms with E-state index in [2.05, 4.69) is 74.7 Å². The molecule has 120 valence electrons. The lowest BCUT2D eigenvalue weighted by atomic mass is 9.98. The number of rotatable bonds is 2. The zero-order valence-electron chi connectivity index (χ0n) is 14.4. The summed E-state index contributed by atoms with van der Waals surface area (Å²) in [7, 11) is 0. The topological polar surface area (TPSA) is 17.3 Å². The van der Waals surface area contributed by atoms with Gasteiger partial charge in [0.15, 0.2) is 4.96 Å². The van der Waals surface area contributed by atoms with Crippen molar-refractivity contribution in [3.05, 3.63) is 71.0 Å². The monoisotopic (exact) mass is 332 g/mol. The lowest BCUT2D eigenvalue weighted by molar-refractivity contribution is 1.13. The van der Waals surface area contributed by atoms with Gasteiger partial charge in [0.1, 0.15) is 0 Å². The highest BCUT2D eigenvalue weighted by molar-refractivity contribution is 7.20. The van der Waals surface area contributed by atoms with E-state index >= 15 is 0 Å². The Labute approximate surface area is 146 Å². The number of hydrogen-bond acceptors (Lipinski definition) is 2. The third kappa shape index (κ3) is 2.36. The maximum atomic E-state index is 4.85. The number of aromatic nitrogens is 2. The molecule has 0 spiro atoms. The summed E-state index contributed by atoms with van der Waals surface area (Å²) in [5.41, 5.74) is 8.81. The summed E-state index contributed by atoms with van der Waals surface area (Å²) in [6, 6.07) is 14.9. The van der Waals surface area contributed by atoms with Crippen molar-refractivity contribution in [2.45, 2.75) is 27.7 Å². The molecule has 0 aliphatic heterocycles. The Bertz CT molecular complexity index is 1020. The summed E-state index contributed by atoms with van der Waals surface area (Å²) in [6.07, 6.45) is 2.15. The average Bonchev–Trinajstić information content (AvgIpc) is 3.08. The molecule has 0 saturated carbocycles. The summed E-state index contributed by atoms with van der Waals surface area (Å²) < 4.78 is 2.22. The summed E-state index contributed by atoms with van der Waals surface area (Å²) in [5.74, 6) is 0. The first-order valence-electron chi connectivity index (χ1n) is 8.16. The van der Waals surface area contributed by atoms with Gasteiger partial charge >= 0.3 is 0 Å². The second kappa shape index (κ2) is 5.60. The van der Waals surface area contributed by atoms with Gasteiger partial charge in [0.05, 0.1) is 10.6 Å². The lowest BCUT2D eigenvalue weighted by Gasteiger charge is -2.10. The zero-order chi connectivity index (χ0) is 16.8. The van der Waals surface area contributed by atoms with Gasteiger partial charge in [-0.05, 0) is 44.4 Å². The van der Waals surface area contributed by atoms with E-state index in [0.29, 0.717) is 0 Å². The molecule has 2 aromatic heterocycles. The van der Waals surface area contributed by atoms with E-state index < -0.39 is 0 Å². The third-order valence-corrected chi connectivity index (χ3v) is 5.70. The van der Waals surface area contributed by atoms with Crippen LogP contribution in [0, 0.1) is 27.7 Å². The van der Waals surface area contributed by atoms with Gasteiger partial charge in [0.25, 0.3) is 0 Å². The van der Waals surface area contributed by atoms with E-state index in [1.54, 1.807) is 11.3 Å². The molecule has 0 atom stereocenters. The van der Waals surface area contributed by atoms with Crippen molar-refractivity contribution < 1.29 is 0 Å². The van der Waals surface area contributed by atoms with Gasteiger partial charge in [0.2, 0.25) is 0 Å². The molecule has 0 radical (unpaired) electrons. The number of hydrogen-bond donors (Lipinski definition) is 0. The van der Waals surface area contributed by atoms with Crippen molar-refractivity contribution in [3.63, 3.8) is 0 Å². The minimum absolute atomic E-state index is 1.04. The van der Waals surface area contributed by atoms with E-state index in [-0.39, 0.29) is 0 Å². The maximum Gasteiger partial charge on any atom is 0.195 e. The van der Waals surface area contributed by atoms with Crippen molar-refractivity contribution in [1.82, 2.24) is 9.38 Å². The molecule has 24 heavy (non-hydrogen) atoms. The van der Waals surface area contributed by atoms with Crippen LogP contribution in [0.3, 0.4) is 0 Å². The highest BCUT2D eigenvalue weighted by Gasteiger charge is 2.17. The smallest absolute Gasteiger partial charge is 0.195 e. The quantitative estimate of drug-likeness (QED) is 0.442. The van der Waals surface area contributed by atoms with Gasteiger partial charge in [0, 0.05) is 17.5 Å². The van der Waals surface area contributed by atoms with E-state index in [1.165, 1.54) is 32.8 Å². The molecule has 0 N–H and O–H groups in total. The van der Waals surface area contributed by atoms with Crippen molar-refractivity contribution in [2.24, 2.45) is 0 Å². The lowest BCUT2D eigenvalue weighted by Crippen LogP contribution is -1.91. The van der Waals surface area contributed by atoms with E-state index in [1.807, 2.05) is 6.07 Å².